The highest BCUT2D eigenvalue weighted by Crippen LogP contribution is 2.22. The van der Waals surface area contributed by atoms with Gasteiger partial charge in [-0.3, -0.25) is 0 Å². The number of carboxylic acid groups (broad SMARTS) is 1. The molecule has 0 aliphatic rings. The summed E-state index contributed by atoms with van der Waals surface area (Å²) < 4.78 is 0.514. The Bertz CT molecular complexity index is 371. The lowest BCUT2D eigenvalue weighted by molar-refractivity contribution is 0.0697. The molecule has 68 valence electrons. The highest BCUT2D eigenvalue weighted by atomic mass is 79.9. The molecule has 1 aromatic rings. The molecule has 1 aromatic carbocycles. The van der Waals surface area contributed by atoms with Crippen molar-refractivity contribution in [1.82, 2.24) is 0 Å². The number of hydrogen-bond donors (Lipinski definition) is 2. The van der Waals surface area contributed by atoms with E-state index in [1.165, 1.54) is 18.2 Å². The van der Waals surface area contributed by atoms with Crippen molar-refractivity contribution in [1.29, 1.82) is 0 Å². The van der Waals surface area contributed by atoms with Crippen LogP contribution < -0.4 is 0 Å². The standard InChI is InChI=1S/C9H7BrO3/c1-5(11)7-3-2-6(9(12)13)4-8(7)10/h2-4,11H,1H2,(H,12,13). The van der Waals surface area contributed by atoms with Crippen molar-refractivity contribution in [3.8, 4) is 0 Å². The van der Waals surface area contributed by atoms with Gasteiger partial charge in [-0.2, -0.15) is 0 Å². The third-order valence-corrected chi connectivity index (χ3v) is 2.18. The van der Waals surface area contributed by atoms with Gasteiger partial charge in [0.25, 0.3) is 0 Å². The van der Waals surface area contributed by atoms with Crippen LogP contribution in [0.2, 0.25) is 0 Å². The van der Waals surface area contributed by atoms with Crippen LogP contribution in [-0.2, 0) is 0 Å². The van der Waals surface area contributed by atoms with Crippen LogP contribution in [0.25, 0.3) is 5.76 Å². The Hall–Kier alpha value is -1.29. The first-order valence-electron chi connectivity index (χ1n) is 3.43. The van der Waals surface area contributed by atoms with Gasteiger partial charge in [-0.05, 0) is 18.2 Å². The summed E-state index contributed by atoms with van der Waals surface area (Å²) in [6.07, 6.45) is 0. The number of aliphatic hydroxyl groups excluding tert-OH is 1. The zero-order valence-corrected chi connectivity index (χ0v) is 8.21. The van der Waals surface area contributed by atoms with Crippen LogP contribution in [0.4, 0.5) is 0 Å². The number of benzene rings is 1. The SMILES string of the molecule is C=C(O)c1ccc(C(=O)O)cc1Br. The molecule has 0 unspecified atom stereocenters. The number of halogens is 1. The van der Waals surface area contributed by atoms with E-state index in [1.54, 1.807) is 0 Å². The van der Waals surface area contributed by atoms with Crippen molar-refractivity contribution in [2.75, 3.05) is 0 Å². The van der Waals surface area contributed by atoms with Crippen LogP contribution in [0.1, 0.15) is 15.9 Å². The van der Waals surface area contributed by atoms with Crippen molar-refractivity contribution < 1.29 is 15.0 Å². The molecule has 0 heterocycles. The molecular weight excluding hydrogens is 236 g/mol. The fourth-order valence-electron chi connectivity index (χ4n) is 0.882. The van der Waals surface area contributed by atoms with Crippen LogP contribution in [0.5, 0.6) is 0 Å². The van der Waals surface area contributed by atoms with Gasteiger partial charge >= 0.3 is 5.97 Å². The van der Waals surface area contributed by atoms with Crippen molar-refractivity contribution in [2.24, 2.45) is 0 Å². The van der Waals surface area contributed by atoms with Crippen LogP contribution >= 0.6 is 15.9 Å². The highest BCUT2D eigenvalue weighted by molar-refractivity contribution is 9.10. The first-order chi connectivity index (χ1) is 6.02. The second kappa shape index (κ2) is 3.62. The summed E-state index contributed by atoms with van der Waals surface area (Å²) in [6, 6.07) is 4.32. The molecule has 0 saturated carbocycles. The van der Waals surface area contributed by atoms with Crippen molar-refractivity contribution in [3.63, 3.8) is 0 Å². The van der Waals surface area contributed by atoms with Crippen molar-refractivity contribution >= 4 is 27.7 Å². The molecule has 0 aliphatic heterocycles. The number of aliphatic hydroxyl groups is 1. The number of aromatic carboxylic acids is 1. The topological polar surface area (TPSA) is 57.5 Å². The molecule has 3 nitrogen and oxygen atoms in total. The monoisotopic (exact) mass is 242 g/mol. The number of carboxylic acids is 1. The van der Waals surface area contributed by atoms with Crippen molar-refractivity contribution in [3.05, 3.63) is 40.4 Å². The summed E-state index contributed by atoms with van der Waals surface area (Å²) in [5.41, 5.74) is 0.655. The zero-order valence-electron chi connectivity index (χ0n) is 6.62. The van der Waals surface area contributed by atoms with Gasteiger partial charge < -0.3 is 10.2 Å². The van der Waals surface area contributed by atoms with E-state index in [2.05, 4.69) is 22.5 Å². The second-order valence-electron chi connectivity index (χ2n) is 2.45. The fourth-order valence-corrected chi connectivity index (χ4v) is 1.49. The molecule has 0 amide bonds. The average Bonchev–Trinajstić information content (AvgIpc) is 2.03. The predicted octanol–water partition coefficient (Wildman–Crippen LogP) is 2.68. The van der Waals surface area contributed by atoms with Crippen LogP contribution in [0.15, 0.2) is 29.3 Å². The lowest BCUT2D eigenvalue weighted by Crippen LogP contribution is -1.96. The highest BCUT2D eigenvalue weighted by Gasteiger charge is 2.07. The molecule has 2 N–H and O–H groups in total. The van der Waals surface area contributed by atoms with E-state index < -0.39 is 5.97 Å². The van der Waals surface area contributed by atoms with E-state index >= 15 is 0 Å². The maximum absolute atomic E-state index is 10.5. The van der Waals surface area contributed by atoms with E-state index in [4.69, 9.17) is 10.2 Å². The molecule has 0 spiro atoms. The maximum atomic E-state index is 10.5. The van der Waals surface area contributed by atoms with E-state index in [9.17, 15) is 4.79 Å². The Balaban J connectivity index is 3.20. The Kier molecular flexibility index (Phi) is 2.72. The molecule has 1 rings (SSSR count). The normalized spacial score (nSPS) is 9.62. The molecular formula is C9H7BrO3. The molecule has 4 heteroatoms. The summed E-state index contributed by atoms with van der Waals surface area (Å²) in [5, 5.41) is 17.7. The summed E-state index contributed by atoms with van der Waals surface area (Å²) in [7, 11) is 0. The lowest BCUT2D eigenvalue weighted by atomic mass is 10.1. The Morgan fingerprint density at radius 2 is 2.00 bits per heavy atom. The molecule has 0 saturated heterocycles. The smallest absolute Gasteiger partial charge is 0.335 e. The largest absolute Gasteiger partial charge is 0.508 e. The number of rotatable bonds is 2. The second-order valence-corrected chi connectivity index (χ2v) is 3.30. The van der Waals surface area contributed by atoms with Gasteiger partial charge in [-0.1, -0.05) is 22.5 Å². The zero-order chi connectivity index (χ0) is 10.0. The van der Waals surface area contributed by atoms with Gasteiger partial charge in [0.1, 0.15) is 5.76 Å². The molecule has 0 aromatic heterocycles. The molecule has 13 heavy (non-hydrogen) atoms. The van der Waals surface area contributed by atoms with Gasteiger partial charge in [-0.15, -0.1) is 0 Å². The van der Waals surface area contributed by atoms with E-state index in [1.807, 2.05) is 0 Å². The molecule has 0 radical (unpaired) electrons. The summed E-state index contributed by atoms with van der Waals surface area (Å²) in [6.45, 7) is 3.34. The summed E-state index contributed by atoms with van der Waals surface area (Å²) in [5.74, 6) is -1.10. The molecule has 0 atom stereocenters. The van der Waals surface area contributed by atoms with Crippen molar-refractivity contribution in [2.45, 2.75) is 0 Å². The summed E-state index contributed by atoms with van der Waals surface area (Å²) in [4.78, 5) is 10.5. The van der Waals surface area contributed by atoms with Gasteiger partial charge in [0.15, 0.2) is 0 Å². The maximum Gasteiger partial charge on any atom is 0.335 e. The first-order valence-corrected chi connectivity index (χ1v) is 4.22. The minimum atomic E-state index is -1.00. The molecule has 0 aliphatic carbocycles. The Morgan fingerprint density at radius 1 is 1.38 bits per heavy atom. The predicted molar refractivity (Wildman–Crippen MR) is 52.8 cm³/mol. The average molecular weight is 243 g/mol. The third-order valence-electron chi connectivity index (χ3n) is 1.53. The number of hydrogen-bond acceptors (Lipinski definition) is 2. The Morgan fingerprint density at radius 3 is 2.38 bits per heavy atom. The van der Waals surface area contributed by atoms with E-state index in [0.29, 0.717) is 10.0 Å². The van der Waals surface area contributed by atoms with Crippen LogP contribution in [-0.4, -0.2) is 16.2 Å². The van der Waals surface area contributed by atoms with Gasteiger partial charge in [-0.25, -0.2) is 4.79 Å². The lowest BCUT2D eigenvalue weighted by Gasteiger charge is -2.02. The van der Waals surface area contributed by atoms with Gasteiger partial charge in [0.2, 0.25) is 0 Å². The fraction of sp³-hybridized carbons (Fsp3) is 0. The van der Waals surface area contributed by atoms with Crippen LogP contribution in [0.3, 0.4) is 0 Å². The summed E-state index contributed by atoms with van der Waals surface area (Å²) >= 11 is 3.13. The van der Waals surface area contributed by atoms with Crippen LogP contribution in [0, 0.1) is 0 Å². The van der Waals surface area contributed by atoms with Gasteiger partial charge in [0, 0.05) is 10.0 Å². The minimum absolute atomic E-state index is 0.0937. The third kappa shape index (κ3) is 2.09. The molecule has 0 bridgehead atoms. The van der Waals surface area contributed by atoms with E-state index in [-0.39, 0.29) is 11.3 Å². The quantitative estimate of drug-likeness (QED) is 0.785. The number of carbonyl (C=O) groups is 1. The first kappa shape index (κ1) is 9.80. The van der Waals surface area contributed by atoms with E-state index in [0.717, 1.165) is 0 Å². The Labute approximate surface area is 83.5 Å². The molecule has 0 fully saturated rings. The van der Waals surface area contributed by atoms with Gasteiger partial charge in [0.05, 0.1) is 5.56 Å². The minimum Gasteiger partial charge on any atom is -0.508 e.